The Morgan fingerprint density at radius 1 is 1.00 bits per heavy atom. The van der Waals surface area contributed by atoms with Gasteiger partial charge in [-0.3, -0.25) is 16.1 Å². The molecule has 3 N–H and O–H groups in total. The maximum atomic E-state index is 3.41. The normalized spacial score (nSPS) is 29.5. The number of hydrogen-bond donors (Lipinski definition) is 3. The van der Waals surface area contributed by atoms with Gasteiger partial charge in [-0.2, -0.15) is 0 Å². The molecule has 0 aromatic heterocycles. The number of hydrazine groups is 1. The molecule has 4 heteroatoms. The van der Waals surface area contributed by atoms with Crippen LogP contribution in [0.2, 0.25) is 0 Å². The van der Waals surface area contributed by atoms with Crippen molar-refractivity contribution in [2.45, 2.75) is 19.1 Å². The lowest BCUT2D eigenvalue weighted by atomic mass is 10.3. The average Bonchev–Trinajstić information content (AvgIpc) is 2.58. The monoisotopic (exact) mass is 156 g/mol. The van der Waals surface area contributed by atoms with Gasteiger partial charge in [0.25, 0.3) is 0 Å². The summed E-state index contributed by atoms with van der Waals surface area (Å²) in [7, 11) is 0. The van der Waals surface area contributed by atoms with Crippen molar-refractivity contribution >= 4 is 0 Å². The lowest BCUT2D eigenvalue weighted by Gasteiger charge is -2.32. The van der Waals surface area contributed by atoms with Crippen LogP contribution in [0.4, 0.5) is 0 Å². The van der Waals surface area contributed by atoms with Gasteiger partial charge >= 0.3 is 0 Å². The van der Waals surface area contributed by atoms with Crippen molar-refractivity contribution in [3.05, 3.63) is 0 Å². The molecular weight excluding hydrogens is 140 g/mol. The summed E-state index contributed by atoms with van der Waals surface area (Å²) in [6.45, 7) is 4.55. The Kier molecular flexibility index (Phi) is 2.38. The molecule has 11 heavy (non-hydrogen) atoms. The van der Waals surface area contributed by atoms with Gasteiger partial charge in [0, 0.05) is 13.1 Å². The minimum Gasteiger partial charge on any atom is -0.288 e. The molecule has 0 bridgehead atoms. The maximum Gasteiger partial charge on any atom is 0.127 e. The highest BCUT2D eigenvalue weighted by molar-refractivity contribution is 4.73. The third kappa shape index (κ3) is 1.70. The smallest absolute Gasteiger partial charge is 0.127 e. The third-order valence-corrected chi connectivity index (χ3v) is 2.23. The van der Waals surface area contributed by atoms with Gasteiger partial charge in [-0.1, -0.05) is 0 Å². The Morgan fingerprint density at radius 3 is 2.45 bits per heavy atom. The summed E-state index contributed by atoms with van der Waals surface area (Å²) in [5, 5.41) is 9.08. The Labute approximate surface area is 67.3 Å². The third-order valence-electron chi connectivity index (χ3n) is 2.23. The summed E-state index contributed by atoms with van der Waals surface area (Å²) < 4.78 is 0. The average molecular weight is 156 g/mol. The van der Waals surface area contributed by atoms with Crippen LogP contribution in [0.15, 0.2) is 0 Å². The molecular formula is C7H16N4. The molecule has 2 fully saturated rings. The molecule has 2 saturated heterocycles. The van der Waals surface area contributed by atoms with Crippen molar-refractivity contribution in [2.75, 3.05) is 26.2 Å². The number of hydrogen-bond acceptors (Lipinski definition) is 4. The predicted molar refractivity (Wildman–Crippen MR) is 43.7 cm³/mol. The van der Waals surface area contributed by atoms with Gasteiger partial charge in [0.1, 0.15) is 6.29 Å². The van der Waals surface area contributed by atoms with Crippen LogP contribution in [0.3, 0.4) is 0 Å². The second-order valence-corrected chi connectivity index (χ2v) is 3.12. The lowest BCUT2D eigenvalue weighted by Crippen LogP contribution is -2.60. The van der Waals surface area contributed by atoms with Crippen molar-refractivity contribution in [3.8, 4) is 0 Å². The Balaban J connectivity index is 1.82. The van der Waals surface area contributed by atoms with E-state index in [1.807, 2.05) is 0 Å². The lowest BCUT2D eigenvalue weighted by molar-refractivity contribution is 0.101. The molecule has 0 radical (unpaired) electrons. The SMILES string of the molecule is C1CNC(N2CCCN2)NC1. The van der Waals surface area contributed by atoms with E-state index < -0.39 is 0 Å². The van der Waals surface area contributed by atoms with Gasteiger partial charge in [-0.05, 0) is 25.9 Å². The van der Waals surface area contributed by atoms with Gasteiger partial charge in [0.2, 0.25) is 0 Å². The van der Waals surface area contributed by atoms with Gasteiger partial charge in [0.05, 0.1) is 0 Å². The van der Waals surface area contributed by atoms with Gasteiger partial charge in [-0.15, -0.1) is 0 Å². The largest absolute Gasteiger partial charge is 0.288 e. The standard InChI is InChI=1S/C7H16N4/c1-3-8-7(9-4-1)11-6-2-5-10-11/h7-10H,1-6H2. The molecule has 2 rings (SSSR count). The van der Waals surface area contributed by atoms with Crippen LogP contribution in [0.1, 0.15) is 12.8 Å². The molecule has 0 aromatic carbocycles. The molecule has 0 aromatic rings. The van der Waals surface area contributed by atoms with Gasteiger partial charge < -0.3 is 0 Å². The molecule has 0 aliphatic carbocycles. The zero-order chi connectivity index (χ0) is 7.52. The Hall–Kier alpha value is -0.160. The number of nitrogens with zero attached hydrogens (tertiary/aromatic N) is 1. The summed E-state index contributed by atoms with van der Waals surface area (Å²) in [5.74, 6) is 0. The fraction of sp³-hybridized carbons (Fsp3) is 1.00. The Bertz CT molecular complexity index is 116. The molecule has 0 saturated carbocycles. The summed E-state index contributed by atoms with van der Waals surface area (Å²) in [5.41, 5.74) is 3.33. The summed E-state index contributed by atoms with van der Waals surface area (Å²) in [6.07, 6.45) is 2.87. The van der Waals surface area contributed by atoms with E-state index in [2.05, 4.69) is 21.1 Å². The molecule has 64 valence electrons. The number of nitrogens with one attached hydrogen (secondary N) is 3. The highest BCUT2D eigenvalue weighted by Crippen LogP contribution is 2.00. The van der Waals surface area contributed by atoms with Crippen molar-refractivity contribution in [2.24, 2.45) is 0 Å². The second kappa shape index (κ2) is 3.49. The van der Waals surface area contributed by atoms with Crippen LogP contribution < -0.4 is 16.1 Å². The minimum absolute atomic E-state index is 0.367. The fourth-order valence-corrected chi connectivity index (χ4v) is 1.63. The number of rotatable bonds is 1. The van der Waals surface area contributed by atoms with Crippen LogP contribution in [-0.2, 0) is 0 Å². The van der Waals surface area contributed by atoms with Crippen molar-refractivity contribution in [1.29, 1.82) is 0 Å². The fourth-order valence-electron chi connectivity index (χ4n) is 1.63. The van der Waals surface area contributed by atoms with Crippen molar-refractivity contribution < 1.29 is 0 Å². The molecule has 0 unspecified atom stereocenters. The molecule has 2 heterocycles. The first-order valence-electron chi connectivity index (χ1n) is 4.44. The predicted octanol–water partition coefficient (Wildman–Crippen LogP) is -0.937. The zero-order valence-electron chi connectivity index (χ0n) is 6.77. The highest BCUT2D eigenvalue weighted by Gasteiger charge is 2.21. The first-order chi connectivity index (χ1) is 5.47. The molecule has 4 nitrogen and oxygen atoms in total. The maximum absolute atomic E-state index is 3.41. The van der Waals surface area contributed by atoms with Crippen LogP contribution in [0, 0.1) is 0 Å². The molecule has 2 aliphatic rings. The molecule has 0 spiro atoms. The van der Waals surface area contributed by atoms with E-state index in [9.17, 15) is 0 Å². The van der Waals surface area contributed by atoms with Crippen LogP contribution >= 0.6 is 0 Å². The first kappa shape index (κ1) is 7.49. The quantitative estimate of drug-likeness (QED) is 0.458. The summed E-state index contributed by atoms with van der Waals surface area (Å²) >= 11 is 0. The van der Waals surface area contributed by atoms with E-state index in [1.54, 1.807) is 0 Å². The molecule has 2 aliphatic heterocycles. The highest BCUT2D eigenvalue weighted by atomic mass is 15.6. The minimum atomic E-state index is 0.367. The van der Waals surface area contributed by atoms with Crippen LogP contribution in [0.25, 0.3) is 0 Å². The van der Waals surface area contributed by atoms with Crippen molar-refractivity contribution in [3.63, 3.8) is 0 Å². The van der Waals surface area contributed by atoms with E-state index >= 15 is 0 Å². The van der Waals surface area contributed by atoms with E-state index in [4.69, 9.17) is 0 Å². The van der Waals surface area contributed by atoms with E-state index in [0.29, 0.717) is 6.29 Å². The second-order valence-electron chi connectivity index (χ2n) is 3.12. The van der Waals surface area contributed by atoms with E-state index in [-0.39, 0.29) is 0 Å². The zero-order valence-corrected chi connectivity index (χ0v) is 6.77. The van der Waals surface area contributed by atoms with E-state index in [0.717, 1.165) is 26.2 Å². The summed E-state index contributed by atoms with van der Waals surface area (Å²) in [6, 6.07) is 0. The summed E-state index contributed by atoms with van der Waals surface area (Å²) in [4.78, 5) is 0. The molecule has 0 atom stereocenters. The van der Waals surface area contributed by atoms with Crippen LogP contribution in [-0.4, -0.2) is 37.5 Å². The molecule has 0 amide bonds. The van der Waals surface area contributed by atoms with E-state index in [1.165, 1.54) is 12.8 Å². The van der Waals surface area contributed by atoms with Crippen molar-refractivity contribution in [1.82, 2.24) is 21.1 Å². The first-order valence-corrected chi connectivity index (χ1v) is 4.44. The van der Waals surface area contributed by atoms with Gasteiger partial charge in [-0.25, -0.2) is 5.01 Å². The topological polar surface area (TPSA) is 39.3 Å². The Morgan fingerprint density at radius 2 is 1.82 bits per heavy atom. The van der Waals surface area contributed by atoms with Crippen LogP contribution in [0.5, 0.6) is 0 Å². The van der Waals surface area contributed by atoms with Gasteiger partial charge in [0.15, 0.2) is 0 Å².